The minimum Gasteiger partial charge on any atom is -0.465 e. The van der Waals surface area contributed by atoms with Crippen molar-refractivity contribution in [1.82, 2.24) is 9.80 Å². The first-order valence-corrected chi connectivity index (χ1v) is 6.69. The molecule has 1 heterocycles. The Morgan fingerprint density at radius 3 is 2.95 bits per heavy atom. The molecule has 104 valence electrons. The number of ether oxygens (including phenoxy) is 1. The first-order chi connectivity index (χ1) is 9.00. The molecule has 19 heavy (non-hydrogen) atoms. The van der Waals surface area contributed by atoms with E-state index in [-0.39, 0.29) is 5.60 Å². The SMILES string of the molecule is CN(C)CCOC12C=C3CN(C(=O)O)CC3=CC1C2. The van der Waals surface area contributed by atoms with E-state index in [1.807, 2.05) is 14.1 Å². The average molecular weight is 264 g/mol. The number of likely N-dealkylation sites (N-methyl/N-ethyl adjacent to an activating group) is 1. The molecule has 3 rings (SSSR count). The Morgan fingerprint density at radius 2 is 2.26 bits per heavy atom. The lowest BCUT2D eigenvalue weighted by atomic mass is 9.99. The zero-order chi connectivity index (χ0) is 13.6. The van der Waals surface area contributed by atoms with Crippen LogP contribution in [0.25, 0.3) is 0 Å². The molecule has 1 saturated carbocycles. The van der Waals surface area contributed by atoms with E-state index in [1.54, 1.807) is 0 Å². The Bertz CT molecular complexity index is 469. The van der Waals surface area contributed by atoms with Crippen molar-refractivity contribution < 1.29 is 14.6 Å². The monoisotopic (exact) mass is 264 g/mol. The number of hydrogen-bond acceptors (Lipinski definition) is 3. The highest BCUT2D eigenvalue weighted by Crippen LogP contribution is 2.54. The van der Waals surface area contributed by atoms with Gasteiger partial charge in [0.1, 0.15) is 0 Å². The summed E-state index contributed by atoms with van der Waals surface area (Å²) in [5.41, 5.74) is 2.18. The molecule has 5 nitrogen and oxygen atoms in total. The van der Waals surface area contributed by atoms with Gasteiger partial charge in [0.15, 0.2) is 0 Å². The van der Waals surface area contributed by atoms with Crippen molar-refractivity contribution in [2.24, 2.45) is 5.92 Å². The van der Waals surface area contributed by atoms with Gasteiger partial charge in [-0.05, 0) is 37.7 Å². The molecule has 0 spiro atoms. The van der Waals surface area contributed by atoms with Crippen LogP contribution in [0.4, 0.5) is 4.79 Å². The van der Waals surface area contributed by atoms with E-state index in [9.17, 15) is 4.79 Å². The van der Waals surface area contributed by atoms with Gasteiger partial charge in [0.2, 0.25) is 0 Å². The van der Waals surface area contributed by atoms with Gasteiger partial charge in [0, 0.05) is 25.6 Å². The fourth-order valence-electron chi connectivity index (χ4n) is 2.92. The second kappa shape index (κ2) is 4.35. The van der Waals surface area contributed by atoms with Crippen molar-refractivity contribution in [3.05, 3.63) is 23.3 Å². The fourth-order valence-corrected chi connectivity index (χ4v) is 2.92. The van der Waals surface area contributed by atoms with Crippen LogP contribution in [-0.2, 0) is 4.74 Å². The number of carbonyl (C=O) groups is 1. The molecule has 1 amide bonds. The van der Waals surface area contributed by atoms with E-state index in [0.29, 0.717) is 19.0 Å². The van der Waals surface area contributed by atoms with E-state index in [0.717, 1.165) is 25.1 Å². The summed E-state index contributed by atoms with van der Waals surface area (Å²) in [4.78, 5) is 14.6. The van der Waals surface area contributed by atoms with Crippen molar-refractivity contribution >= 4 is 6.09 Å². The van der Waals surface area contributed by atoms with Crippen LogP contribution in [0.2, 0.25) is 0 Å². The highest BCUT2D eigenvalue weighted by Gasteiger charge is 2.55. The van der Waals surface area contributed by atoms with Crippen LogP contribution in [0, 0.1) is 5.92 Å². The van der Waals surface area contributed by atoms with Crippen molar-refractivity contribution in [2.75, 3.05) is 40.3 Å². The summed E-state index contributed by atoms with van der Waals surface area (Å²) in [6.07, 6.45) is 4.59. The zero-order valence-corrected chi connectivity index (χ0v) is 11.4. The Balaban J connectivity index is 1.66. The lowest BCUT2D eigenvalue weighted by molar-refractivity contribution is 0.0486. The molecule has 2 fully saturated rings. The molecule has 2 aliphatic carbocycles. The average Bonchev–Trinajstić information content (AvgIpc) is 2.84. The van der Waals surface area contributed by atoms with Gasteiger partial charge in [-0.25, -0.2) is 4.79 Å². The maximum absolute atomic E-state index is 11.0. The minimum absolute atomic E-state index is 0.136. The molecule has 2 atom stereocenters. The third-order valence-electron chi connectivity index (χ3n) is 4.14. The van der Waals surface area contributed by atoms with E-state index in [4.69, 9.17) is 9.84 Å². The van der Waals surface area contributed by atoms with Gasteiger partial charge in [0.05, 0.1) is 12.2 Å². The molecule has 0 radical (unpaired) electrons. The molecule has 2 unspecified atom stereocenters. The van der Waals surface area contributed by atoms with Crippen LogP contribution in [-0.4, -0.2) is 66.9 Å². The quantitative estimate of drug-likeness (QED) is 0.828. The van der Waals surface area contributed by atoms with Gasteiger partial charge in [-0.15, -0.1) is 0 Å². The van der Waals surface area contributed by atoms with E-state index < -0.39 is 6.09 Å². The largest absolute Gasteiger partial charge is 0.465 e. The number of likely N-dealkylation sites (tertiary alicyclic amines) is 1. The summed E-state index contributed by atoms with van der Waals surface area (Å²) in [6.45, 7) is 2.67. The van der Waals surface area contributed by atoms with Crippen molar-refractivity contribution in [3.63, 3.8) is 0 Å². The summed E-state index contributed by atoms with van der Waals surface area (Å²) >= 11 is 0. The van der Waals surface area contributed by atoms with Crippen LogP contribution in [0.1, 0.15) is 6.42 Å². The minimum atomic E-state index is -0.840. The highest BCUT2D eigenvalue weighted by molar-refractivity contribution is 5.69. The van der Waals surface area contributed by atoms with Crippen LogP contribution in [0.5, 0.6) is 0 Å². The Morgan fingerprint density at radius 1 is 1.53 bits per heavy atom. The van der Waals surface area contributed by atoms with Crippen LogP contribution in [0.3, 0.4) is 0 Å². The number of hydrogen-bond donors (Lipinski definition) is 1. The predicted molar refractivity (Wildman–Crippen MR) is 71.1 cm³/mol. The summed E-state index contributed by atoms with van der Waals surface area (Å²) in [5, 5.41) is 9.04. The molecule has 0 aromatic rings. The lowest BCUT2D eigenvalue weighted by Crippen LogP contribution is -2.26. The normalized spacial score (nSPS) is 31.7. The van der Waals surface area contributed by atoms with Gasteiger partial charge in [-0.1, -0.05) is 6.08 Å². The van der Waals surface area contributed by atoms with Gasteiger partial charge < -0.3 is 14.7 Å². The molecule has 0 aromatic heterocycles. The number of rotatable bonds is 4. The van der Waals surface area contributed by atoms with Gasteiger partial charge in [0.25, 0.3) is 0 Å². The molecule has 1 saturated heterocycles. The molecule has 0 aromatic carbocycles. The summed E-state index contributed by atoms with van der Waals surface area (Å²) in [6, 6.07) is 0. The highest BCUT2D eigenvalue weighted by atomic mass is 16.5. The standard InChI is InChI=1S/C14H20N2O3/c1-15(2)3-4-19-14-6-11-9-16(13(17)18)8-10(11)5-12(14)7-14/h5-6,12H,3-4,7-9H2,1-2H3,(H,17,18). The fraction of sp³-hybridized carbons (Fsp3) is 0.643. The molecule has 1 aliphatic heterocycles. The number of nitrogens with zero attached hydrogens (tertiary/aromatic N) is 2. The molecular formula is C14H20N2O3. The second-order valence-electron chi connectivity index (χ2n) is 5.92. The first-order valence-electron chi connectivity index (χ1n) is 6.69. The van der Waals surface area contributed by atoms with Crippen molar-refractivity contribution in [3.8, 4) is 0 Å². The van der Waals surface area contributed by atoms with Crippen molar-refractivity contribution in [2.45, 2.75) is 12.0 Å². The molecule has 3 aliphatic rings. The predicted octanol–water partition coefficient (Wildman–Crippen LogP) is 1.18. The van der Waals surface area contributed by atoms with E-state index in [1.165, 1.54) is 10.5 Å². The molecular weight excluding hydrogens is 244 g/mol. The number of fused-ring (bicyclic) bond motifs is 2. The Hall–Kier alpha value is -1.33. The Labute approximate surface area is 113 Å². The summed E-state index contributed by atoms with van der Waals surface area (Å²) in [5.74, 6) is 0.446. The maximum atomic E-state index is 11.0. The summed E-state index contributed by atoms with van der Waals surface area (Å²) in [7, 11) is 4.06. The third-order valence-corrected chi connectivity index (χ3v) is 4.14. The number of carboxylic acid groups (broad SMARTS) is 1. The van der Waals surface area contributed by atoms with E-state index >= 15 is 0 Å². The maximum Gasteiger partial charge on any atom is 0.407 e. The van der Waals surface area contributed by atoms with Crippen LogP contribution in [0.15, 0.2) is 23.3 Å². The second-order valence-corrected chi connectivity index (χ2v) is 5.92. The van der Waals surface area contributed by atoms with Crippen molar-refractivity contribution in [1.29, 1.82) is 0 Å². The molecule has 5 heteroatoms. The van der Waals surface area contributed by atoms with Crippen LogP contribution >= 0.6 is 0 Å². The van der Waals surface area contributed by atoms with Gasteiger partial charge in [-0.3, -0.25) is 4.90 Å². The third kappa shape index (κ3) is 2.28. The molecule has 0 bridgehead atoms. The van der Waals surface area contributed by atoms with E-state index in [2.05, 4.69) is 17.1 Å². The smallest absolute Gasteiger partial charge is 0.407 e. The Kier molecular flexibility index (Phi) is 2.91. The van der Waals surface area contributed by atoms with Crippen LogP contribution < -0.4 is 0 Å². The lowest BCUT2D eigenvalue weighted by Gasteiger charge is -2.20. The topological polar surface area (TPSA) is 53.0 Å². The first kappa shape index (κ1) is 12.7. The molecule has 1 N–H and O–H groups in total. The summed E-state index contributed by atoms with van der Waals surface area (Å²) < 4.78 is 6.03. The van der Waals surface area contributed by atoms with Gasteiger partial charge >= 0.3 is 6.09 Å². The number of amides is 1. The zero-order valence-electron chi connectivity index (χ0n) is 11.4. The van der Waals surface area contributed by atoms with Gasteiger partial charge in [-0.2, -0.15) is 0 Å².